The van der Waals surface area contributed by atoms with Crippen LogP contribution in [-0.4, -0.2) is 15.0 Å². The van der Waals surface area contributed by atoms with Crippen molar-refractivity contribution in [1.82, 2.24) is 15.0 Å². The maximum Gasteiger partial charge on any atom is 0.106 e. The maximum atomic E-state index is 7.51. The Labute approximate surface area is 79.0 Å². The first-order valence-corrected chi connectivity index (χ1v) is 3.63. The number of H-pyrrole nitrogens is 1. The van der Waals surface area contributed by atoms with Crippen LogP contribution in [0, 0.1) is 6.85 Å². The van der Waals surface area contributed by atoms with E-state index in [1.807, 2.05) is 0 Å². The Bertz CT molecular complexity index is 561. The minimum atomic E-state index is -2.37. The molecule has 2 rings (SSSR count). The van der Waals surface area contributed by atoms with Crippen LogP contribution in [0.1, 0.15) is 12.7 Å². The molecule has 0 aliphatic carbocycles. The first-order valence-electron chi connectivity index (χ1n) is 5.33. The zero-order chi connectivity index (χ0) is 12.1. The maximum absolute atomic E-state index is 7.51. The Balaban J connectivity index is 2.80. The van der Waals surface area contributed by atoms with Gasteiger partial charge >= 0.3 is 0 Å². The molecule has 0 bridgehead atoms. The number of nitrogens with zero attached hydrogens (tertiary/aromatic N) is 2. The molecular formula is C7H6BrN3. The summed E-state index contributed by atoms with van der Waals surface area (Å²) in [6.45, 7) is -2.37. The molecule has 1 N–H and O–H groups in total. The number of halogens is 1. The summed E-state index contributed by atoms with van der Waals surface area (Å²) in [6.07, 6.45) is -0.327. The van der Waals surface area contributed by atoms with E-state index in [1.165, 1.54) is 0 Å². The molecular weight excluding hydrogens is 206 g/mol. The molecule has 0 atom stereocenters. The van der Waals surface area contributed by atoms with Gasteiger partial charge in [-0.25, -0.2) is 4.98 Å². The van der Waals surface area contributed by atoms with Gasteiger partial charge in [0.2, 0.25) is 0 Å². The van der Waals surface area contributed by atoms with Crippen LogP contribution in [0.4, 0.5) is 0 Å². The summed E-state index contributed by atoms with van der Waals surface area (Å²) in [5, 5.41) is 0. The van der Waals surface area contributed by atoms with Crippen LogP contribution in [0.15, 0.2) is 16.8 Å². The first kappa shape index (κ1) is 3.23. The lowest BCUT2D eigenvalue weighted by Crippen LogP contribution is -1.74. The number of fused-ring (bicyclic) bond motifs is 1. The van der Waals surface area contributed by atoms with E-state index in [1.54, 1.807) is 0 Å². The van der Waals surface area contributed by atoms with Crippen LogP contribution in [0.5, 0.6) is 0 Å². The van der Waals surface area contributed by atoms with Crippen LogP contribution in [0.2, 0.25) is 0 Å². The molecule has 2 heterocycles. The van der Waals surface area contributed by atoms with Crippen LogP contribution in [0.3, 0.4) is 0 Å². The third-order valence-electron chi connectivity index (χ3n) is 1.23. The molecule has 0 saturated carbocycles. The predicted molar refractivity (Wildman–Crippen MR) is 46.3 cm³/mol. The molecule has 0 aliphatic rings. The van der Waals surface area contributed by atoms with E-state index in [2.05, 4.69) is 30.9 Å². The monoisotopic (exact) mass is 216 g/mol. The lowest BCUT2D eigenvalue weighted by Gasteiger charge is -1.87. The quantitative estimate of drug-likeness (QED) is 0.733. The van der Waals surface area contributed by atoms with E-state index < -0.39 is 6.85 Å². The summed E-state index contributed by atoms with van der Waals surface area (Å²) in [4.78, 5) is 10.0. The molecule has 0 radical (unpaired) electrons. The number of aryl methyl sites for hydroxylation is 1. The molecule has 0 spiro atoms. The van der Waals surface area contributed by atoms with Crippen LogP contribution < -0.4 is 0 Å². The molecule has 2 aromatic rings. The van der Waals surface area contributed by atoms with Gasteiger partial charge in [0, 0.05) is 10.3 Å². The van der Waals surface area contributed by atoms with Gasteiger partial charge in [-0.2, -0.15) is 0 Å². The molecule has 3 nitrogen and oxygen atoms in total. The Kier molecular flexibility index (Phi) is 0.676. The lowest BCUT2D eigenvalue weighted by atomic mass is 10.4. The number of imidazole rings is 1. The number of aromatic nitrogens is 3. The highest BCUT2D eigenvalue weighted by atomic mass is 79.9. The molecule has 4 heteroatoms. The van der Waals surface area contributed by atoms with Gasteiger partial charge in [0.15, 0.2) is 0 Å². The van der Waals surface area contributed by atoms with Crippen molar-refractivity contribution in [1.29, 1.82) is 0 Å². The number of rotatable bonds is 0. The van der Waals surface area contributed by atoms with E-state index in [9.17, 15) is 0 Å². The van der Waals surface area contributed by atoms with Crippen molar-refractivity contribution in [2.24, 2.45) is 0 Å². The SMILES string of the molecule is [2H]c1nc([2H])c2[nH]c(C([2H])([2H])[2H])nc2c1Br. The predicted octanol–water partition coefficient (Wildman–Crippen LogP) is 2.03. The standard InChI is InChI=1S/C7H6BrN3/c1-4-10-6-3-9-2-5(8)7(6)11-4/h2-3H,1H3,(H,10,11)/i1D3,2D,3D. The summed E-state index contributed by atoms with van der Waals surface area (Å²) in [5.41, 5.74) is 0.463. The molecule has 0 amide bonds. The topological polar surface area (TPSA) is 41.6 Å². The van der Waals surface area contributed by atoms with Crippen LogP contribution in [0.25, 0.3) is 11.0 Å². The van der Waals surface area contributed by atoms with Crippen molar-refractivity contribution in [3.05, 3.63) is 22.6 Å². The normalized spacial score (nSPS) is 18.5. The minimum Gasteiger partial charge on any atom is -0.341 e. The van der Waals surface area contributed by atoms with Gasteiger partial charge in [-0.15, -0.1) is 0 Å². The average molecular weight is 217 g/mol. The van der Waals surface area contributed by atoms with E-state index in [0.29, 0.717) is 0 Å². The zero-order valence-electron chi connectivity index (χ0n) is 10.3. The zero-order valence-corrected chi connectivity index (χ0v) is 6.86. The van der Waals surface area contributed by atoms with Gasteiger partial charge in [-0.3, -0.25) is 4.98 Å². The minimum absolute atomic E-state index is 0.138. The molecule has 0 fully saturated rings. The van der Waals surface area contributed by atoms with Gasteiger partial charge in [0.25, 0.3) is 0 Å². The van der Waals surface area contributed by atoms with Gasteiger partial charge in [-0.05, 0) is 22.8 Å². The number of hydrogen-bond donors (Lipinski definition) is 1. The summed E-state index contributed by atoms with van der Waals surface area (Å²) in [6, 6.07) is 0. The highest BCUT2D eigenvalue weighted by molar-refractivity contribution is 9.10. The smallest absolute Gasteiger partial charge is 0.106 e. The van der Waals surface area contributed by atoms with Crippen molar-refractivity contribution in [2.45, 2.75) is 6.85 Å². The summed E-state index contributed by atoms with van der Waals surface area (Å²) in [7, 11) is 0. The van der Waals surface area contributed by atoms with Crippen molar-refractivity contribution in [3.63, 3.8) is 0 Å². The first-order chi connectivity index (χ1) is 7.30. The number of nitrogens with one attached hydrogen (secondary N) is 1. The fourth-order valence-corrected chi connectivity index (χ4v) is 1.17. The number of aromatic amines is 1. The molecule has 11 heavy (non-hydrogen) atoms. The highest BCUT2D eigenvalue weighted by Gasteiger charge is 2.01. The third-order valence-corrected chi connectivity index (χ3v) is 1.79. The second kappa shape index (κ2) is 2.30. The second-order valence-corrected chi connectivity index (χ2v) is 2.75. The fraction of sp³-hybridized carbons (Fsp3) is 0.143. The Morgan fingerprint density at radius 2 is 2.64 bits per heavy atom. The summed E-state index contributed by atoms with van der Waals surface area (Å²) < 4.78 is 36.8. The second-order valence-electron chi connectivity index (χ2n) is 1.96. The van der Waals surface area contributed by atoms with E-state index in [-0.39, 0.29) is 33.7 Å². The van der Waals surface area contributed by atoms with Crippen molar-refractivity contribution >= 4 is 27.0 Å². The summed E-state index contributed by atoms with van der Waals surface area (Å²) in [5.74, 6) is -0.205. The van der Waals surface area contributed by atoms with E-state index >= 15 is 0 Å². The molecule has 0 aliphatic heterocycles. The van der Waals surface area contributed by atoms with Crippen molar-refractivity contribution in [3.8, 4) is 0 Å². The van der Waals surface area contributed by atoms with Crippen LogP contribution >= 0.6 is 15.9 Å². The molecule has 56 valence electrons. The van der Waals surface area contributed by atoms with Crippen molar-refractivity contribution in [2.75, 3.05) is 0 Å². The van der Waals surface area contributed by atoms with E-state index in [4.69, 9.17) is 6.85 Å². The molecule has 2 aromatic heterocycles. The number of hydrogen-bond acceptors (Lipinski definition) is 2. The average Bonchev–Trinajstić information content (AvgIpc) is 2.58. The Morgan fingerprint density at radius 1 is 1.73 bits per heavy atom. The van der Waals surface area contributed by atoms with Gasteiger partial charge in [0.05, 0.1) is 18.9 Å². The largest absolute Gasteiger partial charge is 0.341 e. The fourth-order valence-electron chi connectivity index (χ4n) is 0.799. The van der Waals surface area contributed by atoms with Gasteiger partial charge < -0.3 is 4.98 Å². The van der Waals surface area contributed by atoms with Gasteiger partial charge in [-0.1, -0.05) is 0 Å². The lowest BCUT2D eigenvalue weighted by molar-refractivity contribution is 1.17. The summed E-state index contributed by atoms with van der Waals surface area (Å²) >= 11 is 3.10. The molecule has 0 unspecified atom stereocenters. The molecule has 0 saturated heterocycles. The molecule has 0 aromatic carbocycles. The Morgan fingerprint density at radius 3 is 3.45 bits per heavy atom. The third kappa shape index (κ3) is 1.03. The van der Waals surface area contributed by atoms with E-state index in [0.717, 1.165) is 0 Å². The highest BCUT2D eigenvalue weighted by Crippen LogP contribution is 2.19. The Hall–Kier alpha value is -0.900. The van der Waals surface area contributed by atoms with Crippen LogP contribution in [-0.2, 0) is 0 Å². The van der Waals surface area contributed by atoms with Crippen molar-refractivity contribution < 1.29 is 6.85 Å². The van der Waals surface area contributed by atoms with Gasteiger partial charge in [0.1, 0.15) is 11.3 Å². The number of pyridine rings is 1.